The van der Waals surface area contributed by atoms with Crippen molar-refractivity contribution in [2.75, 3.05) is 0 Å². The zero-order valence-electron chi connectivity index (χ0n) is 10.8. The summed E-state index contributed by atoms with van der Waals surface area (Å²) in [6, 6.07) is 0.540. The van der Waals surface area contributed by atoms with E-state index in [1.807, 2.05) is 0 Å². The number of nitrogens with zero attached hydrogens (tertiary/aromatic N) is 1. The number of unbranched alkanes of at least 4 members (excludes halogenated alkanes) is 6. The average molecular weight is 211 g/mol. The molecule has 1 nitrogen and oxygen atoms in total. The summed E-state index contributed by atoms with van der Waals surface area (Å²) in [5.74, 6) is 0. The van der Waals surface area contributed by atoms with Gasteiger partial charge in [-0.1, -0.05) is 65.2 Å². The number of hydrogen-bond donors (Lipinski definition) is 0. The largest absolute Gasteiger partial charge is 0.298 e. The van der Waals surface area contributed by atoms with E-state index in [1.54, 1.807) is 0 Å². The van der Waals surface area contributed by atoms with Crippen LogP contribution in [0.5, 0.6) is 0 Å². The van der Waals surface area contributed by atoms with Crippen LogP contribution in [0.25, 0.3) is 0 Å². The molecule has 0 aromatic heterocycles. The van der Waals surface area contributed by atoms with Gasteiger partial charge in [0.1, 0.15) is 0 Å². The van der Waals surface area contributed by atoms with Crippen molar-refractivity contribution in [3.05, 3.63) is 0 Å². The van der Waals surface area contributed by atoms with Crippen LogP contribution in [0.4, 0.5) is 0 Å². The van der Waals surface area contributed by atoms with E-state index in [2.05, 4.69) is 25.6 Å². The zero-order chi connectivity index (χ0) is 11.4. The lowest BCUT2D eigenvalue weighted by Crippen LogP contribution is -2.03. The molecule has 0 aliphatic heterocycles. The van der Waals surface area contributed by atoms with E-state index >= 15 is 0 Å². The van der Waals surface area contributed by atoms with Crippen molar-refractivity contribution < 1.29 is 0 Å². The van der Waals surface area contributed by atoms with Gasteiger partial charge in [0, 0.05) is 6.04 Å². The van der Waals surface area contributed by atoms with Gasteiger partial charge in [0.2, 0.25) is 0 Å². The maximum atomic E-state index is 4.23. The summed E-state index contributed by atoms with van der Waals surface area (Å²) in [7, 11) is 0. The van der Waals surface area contributed by atoms with E-state index in [9.17, 15) is 0 Å². The Morgan fingerprint density at radius 3 is 1.60 bits per heavy atom. The average Bonchev–Trinajstić information content (AvgIpc) is 2.27. The summed E-state index contributed by atoms with van der Waals surface area (Å²) in [5, 5.41) is 0. The number of aliphatic imine (C=N–C) groups is 1. The summed E-state index contributed by atoms with van der Waals surface area (Å²) in [4.78, 5) is 4.23. The molecular weight excluding hydrogens is 182 g/mol. The standard InChI is InChI=1S/C14H29N/c1-4-6-8-10-12-14(15-3)13-11-9-7-5-2/h14H,3-13H2,1-2H3. The fourth-order valence-corrected chi connectivity index (χ4v) is 1.94. The van der Waals surface area contributed by atoms with Crippen molar-refractivity contribution in [3.8, 4) is 0 Å². The summed E-state index contributed by atoms with van der Waals surface area (Å²) >= 11 is 0. The second-order valence-corrected chi connectivity index (χ2v) is 4.54. The van der Waals surface area contributed by atoms with Crippen molar-refractivity contribution in [2.24, 2.45) is 4.99 Å². The third-order valence-electron chi connectivity index (χ3n) is 3.04. The minimum absolute atomic E-state index is 0.540. The van der Waals surface area contributed by atoms with Crippen LogP contribution in [0.1, 0.15) is 78.1 Å². The van der Waals surface area contributed by atoms with Crippen LogP contribution in [-0.4, -0.2) is 12.8 Å². The lowest BCUT2D eigenvalue weighted by atomic mass is 10.0. The summed E-state index contributed by atoms with van der Waals surface area (Å²) < 4.78 is 0. The van der Waals surface area contributed by atoms with Crippen LogP contribution < -0.4 is 0 Å². The molecule has 0 heterocycles. The predicted octanol–water partition coefficient (Wildman–Crippen LogP) is 5.00. The van der Waals surface area contributed by atoms with Crippen LogP contribution in [-0.2, 0) is 0 Å². The third-order valence-corrected chi connectivity index (χ3v) is 3.04. The lowest BCUT2D eigenvalue weighted by Gasteiger charge is -2.11. The predicted molar refractivity (Wildman–Crippen MR) is 70.9 cm³/mol. The second kappa shape index (κ2) is 11.7. The molecule has 0 N–H and O–H groups in total. The molecule has 15 heavy (non-hydrogen) atoms. The van der Waals surface area contributed by atoms with E-state index in [-0.39, 0.29) is 0 Å². The molecule has 0 saturated heterocycles. The minimum Gasteiger partial charge on any atom is -0.298 e. The SMILES string of the molecule is C=NC(CCCCCC)CCCCCC. The topological polar surface area (TPSA) is 12.4 Å². The number of rotatable bonds is 11. The first-order valence-electron chi connectivity index (χ1n) is 6.81. The molecule has 0 bridgehead atoms. The van der Waals surface area contributed by atoms with Gasteiger partial charge < -0.3 is 0 Å². The highest BCUT2D eigenvalue weighted by Gasteiger charge is 2.04. The van der Waals surface area contributed by atoms with Crippen molar-refractivity contribution >= 4 is 6.72 Å². The molecule has 0 spiro atoms. The molecule has 0 aromatic rings. The Morgan fingerprint density at radius 2 is 1.27 bits per heavy atom. The Labute approximate surface area is 96.4 Å². The Morgan fingerprint density at radius 1 is 0.800 bits per heavy atom. The fraction of sp³-hybridized carbons (Fsp3) is 0.929. The molecule has 0 rings (SSSR count). The first-order chi connectivity index (χ1) is 7.35. The first kappa shape index (κ1) is 14.7. The molecule has 0 atom stereocenters. The molecule has 0 aliphatic carbocycles. The Hall–Kier alpha value is -0.330. The van der Waals surface area contributed by atoms with E-state index in [4.69, 9.17) is 0 Å². The summed E-state index contributed by atoms with van der Waals surface area (Å²) in [6.45, 7) is 8.22. The van der Waals surface area contributed by atoms with Crippen LogP contribution in [0.15, 0.2) is 4.99 Å². The quantitative estimate of drug-likeness (QED) is 0.337. The summed E-state index contributed by atoms with van der Waals surface area (Å²) in [6.07, 6.45) is 13.3. The van der Waals surface area contributed by atoms with Crippen LogP contribution in [0.2, 0.25) is 0 Å². The normalized spacial score (nSPS) is 10.9. The molecule has 0 aliphatic rings. The van der Waals surface area contributed by atoms with Crippen LogP contribution in [0.3, 0.4) is 0 Å². The van der Waals surface area contributed by atoms with E-state index in [1.165, 1.54) is 64.2 Å². The van der Waals surface area contributed by atoms with Crippen LogP contribution >= 0.6 is 0 Å². The van der Waals surface area contributed by atoms with Gasteiger partial charge in [-0.05, 0) is 19.6 Å². The van der Waals surface area contributed by atoms with Gasteiger partial charge in [0.05, 0.1) is 0 Å². The molecular formula is C14H29N. The van der Waals surface area contributed by atoms with Crippen molar-refractivity contribution in [1.82, 2.24) is 0 Å². The minimum atomic E-state index is 0.540. The lowest BCUT2D eigenvalue weighted by molar-refractivity contribution is 0.496. The van der Waals surface area contributed by atoms with Crippen molar-refractivity contribution in [3.63, 3.8) is 0 Å². The summed E-state index contributed by atoms with van der Waals surface area (Å²) in [5.41, 5.74) is 0. The number of hydrogen-bond acceptors (Lipinski definition) is 1. The van der Waals surface area contributed by atoms with Gasteiger partial charge in [-0.3, -0.25) is 4.99 Å². The smallest absolute Gasteiger partial charge is 0.0492 e. The zero-order valence-corrected chi connectivity index (χ0v) is 10.8. The monoisotopic (exact) mass is 211 g/mol. The van der Waals surface area contributed by atoms with Gasteiger partial charge in [-0.25, -0.2) is 0 Å². The van der Waals surface area contributed by atoms with Gasteiger partial charge >= 0.3 is 0 Å². The third kappa shape index (κ3) is 9.96. The van der Waals surface area contributed by atoms with E-state index < -0.39 is 0 Å². The maximum absolute atomic E-state index is 4.23. The van der Waals surface area contributed by atoms with E-state index in [0.717, 1.165) is 0 Å². The second-order valence-electron chi connectivity index (χ2n) is 4.54. The van der Waals surface area contributed by atoms with E-state index in [0.29, 0.717) is 6.04 Å². The van der Waals surface area contributed by atoms with Gasteiger partial charge in [0.25, 0.3) is 0 Å². The molecule has 0 unspecified atom stereocenters. The highest BCUT2D eigenvalue weighted by atomic mass is 14.7. The molecule has 0 saturated carbocycles. The van der Waals surface area contributed by atoms with Gasteiger partial charge in [0.15, 0.2) is 0 Å². The van der Waals surface area contributed by atoms with Gasteiger partial charge in [-0.15, -0.1) is 0 Å². The molecule has 1 heteroatoms. The Kier molecular flexibility index (Phi) is 11.5. The molecule has 90 valence electrons. The fourth-order valence-electron chi connectivity index (χ4n) is 1.94. The molecule has 0 fully saturated rings. The van der Waals surface area contributed by atoms with Crippen molar-refractivity contribution in [1.29, 1.82) is 0 Å². The Bertz CT molecular complexity index is 119. The molecule has 0 aromatic carbocycles. The van der Waals surface area contributed by atoms with Crippen molar-refractivity contribution in [2.45, 2.75) is 84.1 Å². The Balaban J connectivity index is 3.34. The maximum Gasteiger partial charge on any atom is 0.0492 e. The van der Waals surface area contributed by atoms with Crippen LogP contribution in [0, 0.1) is 0 Å². The highest BCUT2D eigenvalue weighted by molar-refractivity contribution is 5.24. The van der Waals surface area contributed by atoms with Gasteiger partial charge in [-0.2, -0.15) is 0 Å². The highest BCUT2D eigenvalue weighted by Crippen LogP contribution is 2.14. The first-order valence-corrected chi connectivity index (χ1v) is 6.81. The molecule has 0 amide bonds. The molecule has 0 radical (unpaired) electrons.